The van der Waals surface area contributed by atoms with Crippen molar-refractivity contribution >= 4 is 17.7 Å². The number of nitrogens with zero attached hydrogens (tertiary/aromatic N) is 5. The van der Waals surface area contributed by atoms with Gasteiger partial charge in [0.05, 0.1) is 29.1 Å². The third-order valence-corrected chi connectivity index (χ3v) is 6.70. The van der Waals surface area contributed by atoms with Gasteiger partial charge in [-0.15, -0.1) is 0 Å². The molecule has 1 aliphatic heterocycles. The monoisotopic (exact) mass is 540 g/mol. The highest BCUT2D eigenvalue weighted by Crippen LogP contribution is 2.32. The zero-order chi connectivity index (χ0) is 28.5. The fourth-order valence-electron chi connectivity index (χ4n) is 4.46. The first-order valence-electron chi connectivity index (χ1n) is 13.5. The summed E-state index contributed by atoms with van der Waals surface area (Å²) < 4.78 is 7.44. The van der Waals surface area contributed by atoms with Crippen molar-refractivity contribution in [2.24, 2.45) is 5.92 Å². The molecule has 0 unspecified atom stereocenters. The van der Waals surface area contributed by atoms with E-state index in [-0.39, 0.29) is 6.61 Å². The lowest BCUT2D eigenvalue weighted by molar-refractivity contribution is -0.109. The Kier molecular flexibility index (Phi) is 9.35. The predicted octanol–water partition coefficient (Wildman–Crippen LogP) is 4.59. The molecule has 9 nitrogen and oxygen atoms in total. The van der Waals surface area contributed by atoms with E-state index in [4.69, 9.17) is 9.72 Å². The number of hydrogen-bond donors (Lipinski definition) is 2. The number of piperidine rings is 1. The van der Waals surface area contributed by atoms with Gasteiger partial charge in [-0.2, -0.15) is 10.4 Å². The van der Waals surface area contributed by atoms with E-state index in [1.54, 1.807) is 30.8 Å². The Balaban J connectivity index is 0.000000312. The summed E-state index contributed by atoms with van der Waals surface area (Å²) in [5, 5.41) is 26.4. The Morgan fingerprint density at radius 1 is 1.18 bits per heavy atom. The normalized spacial score (nSPS) is 13.7. The van der Waals surface area contributed by atoms with Crippen LogP contribution in [0.1, 0.15) is 44.7 Å². The third-order valence-electron chi connectivity index (χ3n) is 6.70. The quantitative estimate of drug-likeness (QED) is 0.314. The van der Waals surface area contributed by atoms with Crippen LogP contribution in [0.25, 0.3) is 16.6 Å². The van der Waals surface area contributed by atoms with E-state index >= 15 is 0 Å². The minimum absolute atomic E-state index is 0.148. The van der Waals surface area contributed by atoms with Crippen LogP contribution in [0.3, 0.4) is 0 Å². The van der Waals surface area contributed by atoms with Crippen molar-refractivity contribution in [2.45, 2.75) is 45.8 Å². The number of hydrogen-bond acceptors (Lipinski definition) is 7. The van der Waals surface area contributed by atoms with Gasteiger partial charge in [0.2, 0.25) is 6.41 Å². The fourth-order valence-corrected chi connectivity index (χ4v) is 4.46. The Morgan fingerprint density at radius 2 is 1.93 bits per heavy atom. The van der Waals surface area contributed by atoms with E-state index in [1.807, 2.05) is 54.7 Å². The molecule has 0 aliphatic carbocycles. The molecule has 40 heavy (non-hydrogen) atoms. The molecule has 1 amide bonds. The van der Waals surface area contributed by atoms with Gasteiger partial charge in [0, 0.05) is 37.0 Å². The van der Waals surface area contributed by atoms with E-state index in [9.17, 15) is 15.2 Å². The van der Waals surface area contributed by atoms with Gasteiger partial charge >= 0.3 is 0 Å². The van der Waals surface area contributed by atoms with Crippen LogP contribution in [0.4, 0.5) is 5.82 Å². The van der Waals surface area contributed by atoms with Crippen LogP contribution >= 0.6 is 0 Å². The molecule has 4 aromatic rings. The van der Waals surface area contributed by atoms with Crippen molar-refractivity contribution in [2.75, 3.05) is 24.6 Å². The molecular weight excluding hydrogens is 504 g/mol. The molecule has 208 valence electrons. The summed E-state index contributed by atoms with van der Waals surface area (Å²) in [6.07, 6.45) is 8.19. The van der Waals surface area contributed by atoms with Crippen LogP contribution in [0.5, 0.6) is 5.75 Å². The number of pyridine rings is 2. The lowest BCUT2D eigenvalue weighted by atomic mass is 9.99. The Hall–Kier alpha value is -4.42. The van der Waals surface area contributed by atoms with Crippen LogP contribution in [-0.2, 0) is 11.3 Å². The molecular formula is C31H36N6O3. The van der Waals surface area contributed by atoms with E-state index in [0.717, 1.165) is 47.0 Å². The van der Waals surface area contributed by atoms with Crippen LogP contribution in [0.2, 0.25) is 0 Å². The zero-order valence-electron chi connectivity index (χ0n) is 23.2. The number of aromatic nitrogens is 3. The van der Waals surface area contributed by atoms with Crippen molar-refractivity contribution in [1.82, 2.24) is 19.9 Å². The minimum Gasteiger partial charge on any atom is -0.489 e. The number of ether oxygens (including phenoxy) is 1. The maximum atomic E-state index is 9.99. The average Bonchev–Trinajstić information content (AvgIpc) is 3.39. The molecule has 0 spiro atoms. The Bertz CT molecular complexity index is 1430. The second-order valence-electron chi connectivity index (χ2n) is 10.7. The van der Waals surface area contributed by atoms with Crippen molar-refractivity contribution in [3.63, 3.8) is 0 Å². The highest BCUT2D eigenvalue weighted by atomic mass is 16.5. The average molecular weight is 541 g/mol. The molecule has 0 saturated carbocycles. The van der Waals surface area contributed by atoms with Gasteiger partial charge in [0.15, 0.2) is 0 Å². The number of anilines is 1. The summed E-state index contributed by atoms with van der Waals surface area (Å²) in [5.74, 6) is 2.32. The number of nitriles is 1. The largest absolute Gasteiger partial charge is 0.489 e. The molecule has 2 N–H and O–H groups in total. The van der Waals surface area contributed by atoms with Crippen molar-refractivity contribution in [3.8, 4) is 22.9 Å². The summed E-state index contributed by atoms with van der Waals surface area (Å²) in [4.78, 5) is 16.9. The molecule has 0 atom stereocenters. The van der Waals surface area contributed by atoms with Gasteiger partial charge in [0.1, 0.15) is 24.2 Å². The number of amides is 1. The van der Waals surface area contributed by atoms with Gasteiger partial charge in [-0.3, -0.25) is 4.79 Å². The van der Waals surface area contributed by atoms with Gasteiger partial charge in [-0.25, -0.2) is 9.50 Å². The second kappa shape index (κ2) is 13.1. The Labute approximate surface area is 235 Å². The fraction of sp³-hybridized carbons (Fsp3) is 0.355. The van der Waals surface area contributed by atoms with Gasteiger partial charge in [-0.1, -0.05) is 37.3 Å². The molecule has 1 fully saturated rings. The number of carbonyl (C=O) groups is 1. The smallest absolute Gasteiger partial charge is 0.207 e. The van der Waals surface area contributed by atoms with Crippen LogP contribution in [0, 0.1) is 17.2 Å². The summed E-state index contributed by atoms with van der Waals surface area (Å²) >= 11 is 0. The third kappa shape index (κ3) is 7.58. The zero-order valence-corrected chi connectivity index (χ0v) is 23.2. The number of fused-ring (bicyclic) bond motifs is 1. The molecule has 1 aliphatic rings. The molecule has 0 radical (unpaired) electrons. The number of nitrogens with one attached hydrogen (secondary N) is 1. The second-order valence-corrected chi connectivity index (χ2v) is 10.7. The van der Waals surface area contributed by atoms with E-state index < -0.39 is 5.60 Å². The highest BCUT2D eigenvalue weighted by Gasteiger charge is 2.19. The molecule has 4 heterocycles. The summed E-state index contributed by atoms with van der Waals surface area (Å²) in [6, 6.07) is 17.9. The van der Waals surface area contributed by atoms with Crippen molar-refractivity contribution in [3.05, 3.63) is 78.2 Å². The number of aliphatic hydroxyl groups is 1. The van der Waals surface area contributed by atoms with Crippen molar-refractivity contribution < 1.29 is 14.6 Å². The lowest BCUT2D eigenvalue weighted by Crippen LogP contribution is -2.33. The molecule has 0 bridgehead atoms. The first kappa shape index (κ1) is 28.6. The predicted molar refractivity (Wildman–Crippen MR) is 155 cm³/mol. The van der Waals surface area contributed by atoms with E-state index in [2.05, 4.69) is 28.3 Å². The van der Waals surface area contributed by atoms with Gasteiger partial charge < -0.3 is 20.1 Å². The molecule has 3 aromatic heterocycles. The molecule has 9 heteroatoms. The minimum atomic E-state index is -0.952. The molecule has 1 aromatic carbocycles. The van der Waals surface area contributed by atoms with E-state index in [0.29, 0.717) is 24.3 Å². The van der Waals surface area contributed by atoms with Gasteiger partial charge in [0.25, 0.3) is 0 Å². The molecule has 5 rings (SSSR count). The van der Waals surface area contributed by atoms with Crippen LogP contribution in [0.15, 0.2) is 67.1 Å². The summed E-state index contributed by atoms with van der Waals surface area (Å²) in [7, 11) is 0. The van der Waals surface area contributed by atoms with Crippen LogP contribution < -0.4 is 15.0 Å². The highest BCUT2D eigenvalue weighted by molar-refractivity contribution is 5.85. The van der Waals surface area contributed by atoms with Gasteiger partial charge in [-0.05, 0) is 56.4 Å². The van der Waals surface area contributed by atoms with E-state index in [1.165, 1.54) is 12.8 Å². The maximum absolute atomic E-state index is 9.99. The maximum Gasteiger partial charge on any atom is 0.207 e. The van der Waals surface area contributed by atoms with Crippen molar-refractivity contribution in [1.29, 1.82) is 5.26 Å². The lowest BCUT2D eigenvalue weighted by Gasteiger charge is -2.31. The summed E-state index contributed by atoms with van der Waals surface area (Å²) in [5.41, 5.74) is 3.09. The first-order valence-corrected chi connectivity index (χ1v) is 13.5. The number of carbonyl (C=O) groups excluding carboxylic acids is 1. The Morgan fingerprint density at radius 3 is 2.55 bits per heavy atom. The number of benzene rings is 1. The molecule has 1 saturated heterocycles. The topological polar surface area (TPSA) is 116 Å². The SMILES string of the molecule is CC1CCN(c2ccc(-c3cc(OCC(C)(C)O)cn4ncc(C#N)c34)cn2)CC1.O=CNCc1ccccc1. The van der Waals surface area contributed by atoms with Crippen LogP contribution in [-0.4, -0.2) is 51.4 Å². The number of rotatable bonds is 8. The standard InChI is InChI=1S/C23H27N5O2.C8H9NO/c1-16-6-8-27(9-7-16)21-5-4-17(12-25-21)20-10-19(30-15-23(2,3)29)14-28-22(20)18(11-24)13-26-28;10-7-9-6-8-4-2-1-3-5-8/h4-5,10,12-14,16,29H,6-9,15H2,1-3H3;1-5,7H,6H2,(H,9,10). The first-order chi connectivity index (χ1) is 19.3. The summed E-state index contributed by atoms with van der Waals surface area (Å²) in [6.45, 7) is 8.50.